The van der Waals surface area contributed by atoms with Crippen LogP contribution in [0.5, 0.6) is 0 Å². The van der Waals surface area contributed by atoms with Gasteiger partial charge in [0.1, 0.15) is 0 Å². The van der Waals surface area contributed by atoms with Crippen molar-refractivity contribution >= 4 is 23.6 Å². The van der Waals surface area contributed by atoms with E-state index in [9.17, 15) is 19.2 Å². The molecule has 4 amide bonds. The van der Waals surface area contributed by atoms with Crippen molar-refractivity contribution in [1.29, 1.82) is 0 Å². The molecule has 0 bridgehead atoms. The van der Waals surface area contributed by atoms with Crippen LogP contribution in [-0.4, -0.2) is 46.7 Å². The maximum Gasteiger partial charge on any atom is 0.276 e. The second kappa shape index (κ2) is 6.17. The number of hydrogen-bond donors (Lipinski definition) is 2. The van der Waals surface area contributed by atoms with Crippen molar-refractivity contribution in [1.82, 2.24) is 20.9 Å². The molecule has 2 aromatic rings. The fraction of sp³-hybridized carbons (Fsp3) is 0.111. The Kier molecular flexibility index (Phi) is 3.83. The molecule has 4 rings (SSSR count). The topological polar surface area (TPSA) is 98.8 Å². The van der Waals surface area contributed by atoms with E-state index < -0.39 is 23.6 Å². The van der Waals surface area contributed by atoms with Crippen LogP contribution < -0.4 is 10.9 Å². The van der Waals surface area contributed by atoms with Crippen LogP contribution in [0.25, 0.3) is 0 Å². The number of amides is 4. The molecular weight excluding hydrogens is 336 g/mol. The third-order valence-corrected chi connectivity index (χ3v) is 4.25. The summed E-state index contributed by atoms with van der Waals surface area (Å²) in [5.41, 5.74) is 6.83. The molecular formula is C18H14N4O4. The van der Waals surface area contributed by atoms with E-state index in [2.05, 4.69) is 10.9 Å². The van der Waals surface area contributed by atoms with Gasteiger partial charge in [-0.05, 0) is 24.3 Å². The normalized spacial score (nSPS) is 15.7. The van der Waals surface area contributed by atoms with Gasteiger partial charge < -0.3 is 0 Å². The Labute approximate surface area is 148 Å². The fourth-order valence-electron chi connectivity index (χ4n) is 3.00. The summed E-state index contributed by atoms with van der Waals surface area (Å²) in [6.45, 7) is 0.331. The van der Waals surface area contributed by atoms with Gasteiger partial charge in [0.25, 0.3) is 23.6 Å². The molecule has 0 radical (unpaired) electrons. The molecule has 8 nitrogen and oxygen atoms in total. The van der Waals surface area contributed by atoms with Crippen molar-refractivity contribution in [3.05, 3.63) is 70.8 Å². The van der Waals surface area contributed by atoms with E-state index in [1.165, 1.54) is 0 Å². The molecule has 26 heavy (non-hydrogen) atoms. The number of rotatable bonds is 5. The van der Waals surface area contributed by atoms with Gasteiger partial charge in [-0.1, -0.05) is 24.3 Å². The maximum absolute atomic E-state index is 12.2. The van der Waals surface area contributed by atoms with Gasteiger partial charge in [0, 0.05) is 13.1 Å². The third-order valence-electron chi connectivity index (χ3n) is 4.25. The lowest BCUT2D eigenvalue weighted by Gasteiger charge is -2.18. The summed E-state index contributed by atoms with van der Waals surface area (Å²) in [6, 6.07) is 13.1. The second-order valence-electron chi connectivity index (χ2n) is 5.80. The highest BCUT2D eigenvalue weighted by Crippen LogP contribution is 2.21. The van der Waals surface area contributed by atoms with Crippen LogP contribution in [0.15, 0.2) is 48.5 Å². The average Bonchev–Trinajstić information content (AvgIpc) is 3.06. The fourth-order valence-corrected chi connectivity index (χ4v) is 3.00. The number of carbonyl (C=O) groups excluding carboxylic acids is 4. The summed E-state index contributed by atoms with van der Waals surface area (Å²) in [5.74, 6) is -1.70. The number of benzene rings is 2. The Balaban J connectivity index is 1.35. The number of fused-ring (bicyclic) bond motifs is 2. The summed E-state index contributed by atoms with van der Waals surface area (Å²) in [7, 11) is 0. The van der Waals surface area contributed by atoms with Crippen molar-refractivity contribution in [2.45, 2.75) is 0 Å². The van der Waals surface area contributed by atoms with E-state index >= 15 is 0 Å². The number of hydrogen-bond acceptors (Lipinski definition) is 6. The SMILES string of the molecule is O=C1c2ccccc2C(=O)N1NCCNN1C(=O)c2ccccc2C1=O. The number of carbonyl (C=O) groups is 4. The maximum atomic E-state index is 12.2. The summed E-state index contributed by atoms with van der Waals surface area (Å²) >= 11 is 0. The zero-order chi connectivity index (χ0) is 18.3. The minimum absolute atomic E-state index is 0.166. The molecule has 0 saturated carbocycles. The first-order valence-electron chi connectivity index (χ1n) is 8.02. The van der Waals surface area contributed by atoms with Gasteiger partial charge in [0.05, 0.1) is 22.3 Å². The minimum atomic E-state index is -0.425. The summed E-state index contributed by atoms with van der Waals surface area (Å²) in [6.07, 6.45) is 0. The zero-order valence-electron chi connectivity index (χ0n) is 13.6. The summed E-state index contributed by atoms with van der Waals surface area (Å²) < 4.78 is 0. The number of imide groups is 2. The van der Waals surface area contributed by atoms with Crippen molar-refractivity contribution in [2.75, 3.05) is 13.1 Å². The molecule has 2 aliphatic rings. The van der Waals surface area contributed by atoms with Crippen LogP contribution in [0, 0.1) is 0 Å². The summed E-state index contributed by atoms with van der Waals surface area (Å²) in [5, 5.41) is 1.88. The average molecular weight is 350 g/mol. The molecule has 0 spiro atoms. The molecule has 2 aromatic carbocycles. The van der Waals surface area contributed by atoms with E-state index in [4.69, 9.17) is 0 Å². The standard InChI is InChI=1S/C18H14N4O4/c23-15-11-5-1-2-6-12(11)16(24)21(15)19-9-10-20-22-17(25)13-7-3-4-8-14(13)18(22)26/h1-8,19-20H,9-10H2. The van der Waals surface area contributed by atoms with Gasteiger partial charge >= 0.3 is 0 Å². The van der Waals surface area contributed by atoms with E-state index in [-0.39, 0.29) is 13.1 Å². The Morgan fingerprint density at radius 2 is 0.808 bits per heavy atom. The van der Waals surface area contributed by atoms with Gasteiger partial charge in [-0.15, -0.1) is 0 Å². The van der Waals surface area contributed by atoms with Crippen molar-refractivity contribution in [3.63, 3.8) is 0 Å². The van der Waals surface area contributed by atoms with Crippen LogP contribution in [0.1, 0.15) is 41.4 Å². The van der Waals surface area contributed by atoms with Gasteiger partial charge in [-0.2, -0.15) is 0 Å². The molecule has 0 atom stereocenters. The van der Waals surface area contributed by atoms with Crippen molar-refractivity contribution < 1.29 is 19.2 Å². The number of nitrogens with one attached hydrogen (secondary N) is 2. The Morgan fingerprint density at radius 1 is 0.538 bits per heavy atom. The molecule has 8 heteroatoms. The number of hydrazine groups is 2. The first-order valence-corrected chi connectivity index (χ1v) is 8.02. The van der Waals surface area contributed by atoms with Gasteiger partial charge in [0.2, 0.25) is 0 Å². The monoisotopic (exact) mass is 350 g/mol. The predicted octanol–water partition coefficient (Wildman–Crippen LogP) is 0.588. The second-order valence-corrected chi connectivity index (χ2v) is 5.80. The molecule has 2 heterocycles. The minimum Gasteiger partial charge on any atom is -0.267 e. The van der Waals surface area contributed by atoms with Crippen LogP contribution in [0.3, 0.4) is 0 Å². The molecule has 0 saturated heterocycles. The Bertz CT molecular complexity index is 808. The lowest BCUT2D eigenvalue weighted by Crippen LogP contribution is -2.49. The molecule has 0 aliphatic carbocycles. The molecule has 2 N–H and O–H groups in total. The largest absolute Gasteiger partial charge is 0.276 e. The van der Waals surface area contributed by atoms with Gasteiger partial charge in [-0.25, -0.2) is 20.9 Å². The molecule has 130 valence electrons. The Morgan fingerprint density at radius 3 is 1.08 bits per heavy atom. The highest BCUT2D eigenvalue weighted by molar-refractivity contribution is 6.21. The number of nitrogens with zero attached hydrogens (tertiary/aromatic N) is 2. The van der Waals surface area contributed by atoms with Crippen LogP contribution in [0.2, 0.25) is 0 Å². The van der Waals surface area contributed by atoms with Crippen LogP contribution in [-0.2, 0) is 0 Å². The first kappa shape index (κ1) is 16.1. The Hall–Kier alpha value is -3.36. The summed E-state index contributed by atoms with van der Waals surface area (Å²) in [4.78, 5) is 48.9. The highest BCUT2D eigenvalue weighted by atomic mass is 16.2. The smallest absolute Gasteiger partial charge is 0.267 e. The third kappa shape index (κ3) is 2.40. The highest BCUT2D eigenvalue weighted by Gasteiger charge is 2.36. The zero-order valence-corrected chi connectivity index (χ0v) is 13.6. The molecule has 0 unspecified atom stereocenters. The van der Waals surface area contributed by atoms with E-state index in [1.54, 1.807) is 48.5 Å². The van der Waals surface area contributed by atoms with E-state index in [1.807, 2.05) is 0 Å². The van der Waals surface area contributed by atoms with E-state index in [0.29, 0.717) is 22.3 Å². The quantitative estimate of drug-likeness (QED) is 0.605. The van der Waals surface area contributed by atoms with Crippen molar-refractivity contribution in [3.8, 4) is 0 Å². The molecule has 0 aromatic heterocycles. The first-order chi connectivity index (χ1) is 12.6. The lowest BCUT2D eigenvalue weighted by molar-refractivity contribution is 0.0516. The molecule has 2 aliphatic heterocycles. The van der Waals surface area contributed by atoms with Crippen LogP contribution in [0.4, 0.5) is 0 Å². The molecule has 0 fully saturated rings. The van der Waals surface area contributed by atoms with E-state index in [0.717, 1.165) is 10.0 Å². The predicted molar refractivity (Wildman–Crippen MR) is 89.9 cm³/mol. The van der Waals surface area contributed by atoms with Crippen LogP contribution >= 0.6 is 0 Å². The van der Waals surface area contributed by atoms with Gasteiger partial charge in [-0.3, -0.25) is 19.2 Å². The van der Waals surface area contributed by atoms with Crippen molar-refractivity contribution in [2.24, 2.45) is 0 Å². The lowest BCUT2D eigenvalue weighted by atomic mass is 10.1. The van der Waals surface area contributed by atoms with Gasteiger partial charge in [0.15, 0.2) is 0 Å².